The zero-order chi connectivity index (χ0) is 22.5. The molecule has 168 valence electrons. The van der Waals surface area contributed by atoms with Gasteiger partial charge in [-0.05, 0) is 89.6 Å². The molecule has 1 aromatic carbocycles. The summed E-state index contributed by atoms with van der Waals surface area (Å²) in [5.41, 5.74) is 5.80. The zero-order valence-corrected chi connectivity index (χ0v) is 19.9. The van der Waals surface area contributed by atoms with Crippen LogP contribution in [0.2, 0.25) is 0 Å². The van der Waals surface area contributed by atoms with Gasteiger partial charge in [0.05, 0.1) is 24.1 Å². The number of rotatable bonds is 6. The first-order valence-corrected chi connectivity index (χ1v) is 11.7. The third kappa shape index (κ3) is 5.15. The quantitative estimate of drug-likeness (QED) is 0.591. The second-order valence-electron chi connectivity index (χ2n) is 8.94. The molecule has 0 bridgehead atoms. The van der Waals surface area contributed by atoms with Crippen LogP contribution in [0, 0.1) is 18.8 Å². The molecule has 0 atom stereocenters. The molecule has 5 heteroatoms. The lowest BCUT2D eigenvalue weighted by atomic mass is 10.0. The van der Waals surface area contributed by atoms with Gasteiger partial charge in [-0.3, -0.25) is 9.88 Å². The lowest BCUT2D eigenvalue weighted by molar-refractivity contribution is 0.140. The Balaban J connectivity index is 1.48. The molecule has 1 fully saturated rings. The van der Waals surface area contributed by atoms with Crippen LogP contribution in [0.15, 0.2) is 42.6 Å². The van der Waals surface area contributed by atoms with E-state index in [2.05, 4.69) is 81.8 Å². The molecule has 1 N–H and O–H groups in total. The van der Waals surface area contributed by atoms with Gasteiger partial charge in [-0.15, -0.1) is 0 Å². The summed E-state index contributed by atoms with van der Waals surface area (Å²) in [5, 5.41) is 4.67. The Hall–Kier alpha value is -2.81. The van der Waals surface area contributed by atoms with E-state index in [1.165, 1.54) is 42.4 Å². The summed E-state index contributed by atoms with van der Waals surface area (Å²) in [7, 11) is 4.40. The number of hydrogen-bond donors (Lipinski definition) is 1. The molecule has 2 aromatic heterocycles. The van der Waals surface area contributed by atoms with Crippen molar-refractivity contribution in [3.8, 4) is 11.8 Å². The van der Waals surface area contributed by atoms with E-state index in [1.54, 1.807) is 0 Å². The molecule has 3 aromatic rings. The number of aryl methyl sites for hydroxylation is 2. The van der Waals surface area contributed by atoms with Crippen LogP contribution in [0.1, 0.15) is 36.7 Å². The predicted octanol–water partition coefficient (Wildman–Crippen LogP) is 4.35. The summed E-state index contributed by atoms with van der Waals surface area (Å²) in [5.74, 6) is 6.69. The highest BCUT2D eigenvalue weighted by atomic mass is 15.2. The molecule has 0 radical (unpaired) electrons. The van der Waals surface area contributed by atoms with E-state index in [-0.39, 0.29) is 0 Å². The van der Waals surface area contributed by atoms with Gasteiger partial charge in [0.15, 0.2) is 0 Å². The van der Waals surface area contributed by atoms with E-state index in [9.17, 15) is 0 Å². The highest BCUT2D eigenvalue weighted by Crippen LogP contribution is 2.26. The molecule has 1 aliphatic rings. The number of benzene rings is 1. The smallest absolute Gasteiger partial charge is 0.0931 e. The molecule has 1 saturated heterocycles. The Morgan fingerprint density at radius 1 is 1.16 bits per heavy atom. The summed E-state index contributed by atoms with van der Waals surface area (Å²) >= 11 is 0. The largest absolute Gasteiger partial charge is 0.373 e. The maximum Gasteiger partial charge on any atom is 0.0931 e. The lowest BCUT2D eigenvalue weighted by Crippen LogP contribution is -2.41. The van der Waals surface area contributed by atoms with Crippen LogP contribution in [-0.2, 0) is 13.1 Å². The van der Waals surface area contributed by atoms with Crippen molar-refractivity contribution in [1.82, 2.24) is 19.4 Å². The van der Waals surface area contributed by atoms with Crippen LogP contribution in [0.4, 0.5) is 5.69 Å². The van der Waals surface area contributed by atoms with E-state index < -0.39 is 0 Å². The second-order valence-corrected chi connectivity index (χ2v) is 8.94. The molecule has 0 saturated carbocycles. The number of anilines is 1. The van der Waals surface area contributed by atoms with Crippen molar-refractivity contribution >= 4 is 16.6 Å². The average Bonchev–Trinajstić information content (AvgIpc) is 3.16. The summed E-state index contributed by atoms with van der Waals surface area (Å²) in [6.45, 7) is 9.05. The first-order valence-electron chi connectivity index (χ1n) is 11.7. The normalized spacial score (nSPS) is 15.2. The summed E-state index contributed by atoms with van der Waals surface area (Å²) < 4.78 is 2.33. The van der Waals surface area contributed by atoms with Crippen molar-refractivity contribution < 1.29 is 0 Å². The van der Waals surface area contributed by atoms with Gasteiger partial charge in [0.2, 0.25) is 0 Å². The molecule has 0 aliphatic carbocycles. The molecule has 0 amide bonds. The van der Waals surface area contributed by atoms with Gasteiger partial charge in [-0.2, -0.15) is 0 Å². The lowest BCUT2D eigenvalue weighted by Gasteiger charge is -2.35. The summed E-state index contributed by atoms with van der Waals surface area (Å²) in [4.78, 5) is 9.29. The third-order valence-corrected chi connectivity index (χ3v) is 6.54. The van der Waals surface area contributed by atoms with Gasteiger partial charge in [0.1, 0.15) is 0 Å². The average molecular weight is 430 g/mol. The standard InChI is InChI=1S/C27H35N5/c1-5-32-25(9-7-15-28-23-12-11-21(2)29-19-23)18-26-22(8-6-10-27(26)32)20-31-16-13-24(14-17-31)30(3)4/h6,8,10-12,18-19,24,28H,5,13-17,20H2,1-4H3. The second kappa shape index (κ2) is 10.2. The first kappa shape index (κ1) is 22.4. The van der Waals surface area contributed by atoms with Gasteiger partial charge in [0.25, 0.3) is 0 Å². The predicted molar refractivity (Wildman–Crippen MR) is 134 cm³/mol. The molecule has 1 aliphatic heterocycles. The van der Waals surface area contributed by atoms with Crippen LogP contribution in [0.25, 0.3) is 10.9 Å². The van der Waals surface area contributed by atoms with E-state index >= 15 is 0 Å². The van der Waals surface area contributed by atoms with Crippen molar-refractivity contribution in [3.63, 3.8) is 0 Å². The van der Waals surface area contributed by atoms with E-state index in [0.29, 0.717) is 6.54 Å². The summed E-state index contributed by atoms with van der Waals surface area (Å²) in [6, 6.07) is 13.7. The van der Waals surface area contributed by atoms with E-state index in [1.807, 2.05) is 25.3 Å². The van der Waals surface area contributed by atoms with Gasteiger partial charge in [0, 0.05) is 35.7 Å². The van der Waals surface area contributed by atoms with Crippen molar-refractivity contribution in [1.29, 1.82) is 0 Å². The van der Waals surface area contributed by atoms with Crippen LogP contribution in [0.5, 0.6) is 0 Å². The number of hydrogen-bond acceptors (Lipinski definition) is 4. The van der Waals surface area contributed by atoms with Gasteiger partial charge < -0.3 is 14.8 Å². The maximum atomic E-state index is 4.32. The molecule has 3 heterocycles. The van der Waals surface area contributed by atoms with Crippen LogP contribution < -0.4 is 5.32 Å². The highest BCUT2D eigenvalue weighted by Gasteiger charge is 2.21. The van der Waals surface area contributed by atoms with Gasteiger partial charge >= 0.3 is 0 Å². The number of piperidine rings is 1. The Labute approximate surface area is 192 Å². The van der Waals surface area contributed by atoms with Crippen molar-refractivity contribution in [2.45, 2.75) is 45.8 Å². The number of nitrogens with one attached hydrogen (secondary N) is 1. The highest BCUT2D eigenvalue weighted by molar-refractivity contribution is 5.85. The number of pyridine rings is 1. The van der Waals surface area contributed by atoms with Crippen molar-refractivity contribution in [2.24, 2.45) is 0 Å². The summed E-state index contributed by atoms with van der Waals surface area (Å²) in [6.07, 6.45) is 4.35. The third-order valence-electron chi connectivity index (χ3n) is 6.54. The fraction of sp³-hybridized carbons (Fsp3) is 0.444. The number of nitrogens with zero attached hydrogens (tertiary/aromatic N) is 4. The number of likely N-dealkylation sites (tertiary alicyclic amines) is 1. The Kier molecular flexibility index (Phi) is 7.14. The van der Waals surface area contributed by atoms with Gasteiger partial charge in [-0.25, -0.2) is 0 Å². The monoisotopic (exact) mass is 429 g/mol. The van der Waals surface area contributed by atoms with Gasteiger partial charge in [-0.1, -0.05) is 18.1 Å². The molecular formula is C27H35N5. The fourth-order valence-electron chi connectivity index (χ4n) is 4.62. The molecule has 4 rings (SSSR count). The SMILES string of the molecule is CCn1c(C#CCNc2ccc(C)nc2)cc2c(CN3CCC(N(C)C)CC3)cccc21. The van der Waals surface area contributed by atoms with Crippen LogP contribution in [-0.4, -0.2) is 59.1 Å². The molecule has 0 unspecified atom stereocenters. The number of aromatic nitrogens is 2. The van der Waals surface area contributed by atoms with E-state index in [0.717, 1.165) is 36.2 Å². The van der Waals surface area contributed by atoms with Crippen LogP contribution in [0.3, 0.4) is 0 Å². The maximum absolute atomic E-state index is 4.32. The Bertz CT molecular complexity index is 1090. The molecule has 0 spiro atoms. The van der Waals surface area contributed by atoms with Crippen LogP contribution >= 0.6 is 0 Å². The molecule has 5 nitrogen and oxygen atoms in total. The van der Waals surface area contributed by atoms with Crippen molar-refractivity contribution in [3.05, 3.63) is 59.5 Å². The Morgan fingerprint density at radius 3 is 2.66 bits per heavy atom. The van der Waals surface area contributed by atoms with Crippen molar-refractivity contribution in [2.75, 3.05) is 39.0 Å². The first-order chi connectivity index (χ1) is 15.5. The zero-order valence-electron chi connectivity index (χ0n) is 19.9. The molecular weight excluding hydrogens is 394 g/mol. The minimum Gasteiger partial charge on any atom is -0.373 e. The Morgan fingerprint density at radius 2 is 1.97 bits per heavy atom. The topological polar surface area (TPSA) is 36.3 Å². The fourth-order valence-corrected chi connectivity index (χ4v) is 4.62. The molecule has 32 heavy (non-hydrogen) atoms. The van der Waals surface area contributed by atoms with E-state index in [4.69, 9.17) is 0 Å². The number of fused-ring (bicyclic) bond motifs is 1. The minimum atomic E-state index is 0.601. The minimum absolute atomic E-state index is 0.601.